The Morgan fingerprint density at radius 3 is 2.74 bits per heavy atom. The van der Waals surface area contributed by atoms with E-state index >= 15 is 0 Å². The van der Waals surface area contributed by atoms with Crippen LogP contribution in [0.25, 0.3) is 0 Å². The third-order valence-corrected chi connectivity index (χ3v) is 6.11. The fraction of sp³-hybridized carbons (Fsp3) is 0.250. The van der Waals surface area contributed by atoms with E-state index in [9.17, 15) is 9.59 Å². The Hall–Kier alpha value is -3.32. The molecule has 7 heteroatoms. The summed E-state index contributed by atoms with van der Waals surface area (Å²) in [7, 11) is 1.58. The average molecular weight is 436 g/mol. The number of nitrogens with one attached hydrogen (secondary N) is 1. The van der Waals surface area contributed by atoms with Crippen molar-refractivity contribution < 1.29 is 14.3 Å². The van der Waals surface area contributed by atoms with Crippen molar-refractivity contribution in [2.45, 2.75) is 19.9 Å². The summed E-state index contributed by atoms with van der Waals surface area (Å²) in [5.74, 6) is 0.428. The van der Waals surface area contributed by atoms with Gasteiger partial charge in [0.05, 0.1) is 17.7 Å². The van der Waals surface area contributed by atoms with E-state index < -0.39 is 0 Å². The zero-order valence-electron chi connectivity index (χ0n) is 17.6. The van der Waals surface area contributed by atoms with E-state index in [1.54, 1.807) is 36.3 Å². The number of urea groups is 1. The maximum Gasteiger partial charge on any atom is 0.324 e. The van der Waals surface area contributed by atoms with E-state index in [0.29, 0.717) is 41.6 Å². The van der Waals surface area contributed by atoms with Crippen LogP contribution in [0, 0.1) is 6.92 Å². The molecule has 0 bridgehead atoms. The van der Waals surface area contributed by atoms with Crippen LogP contribution in [-0.2, 0) is 6.54 Å². The molecule has 0 aliphatic carbocycles. The highest BCUT2D eigenvalue weighted by Crippen LogP contribution is 2.34. The summed E-state index contributed by atoms with van der Waals surface area (Å²) in [4.78, 5) is 30.0. The lowest BCUT2D eigenvalue weighted by Gasteiger charge is -2.36. The van der Waals surface area contributed by atoms with Gasteiger partial charge in [-0.1, -0.05) is 35.9 Å². The summed E-state index contributed by atoms with van der Waals surface area (Å²) in [5.41, 5.74) is 3.57. The molecule has 1 aliphatic heterocycles. The second-order valence-electron chi connectivity index (χ2n) is 7.52. The molecule has 3 amide bonds. The zero-order chi connectivity index (χ0) is 21.8. The zero-order valence-corrected chi connectivity index (χ0v) is 18.4. The van der Waals surface area contributed by atoms with E-state index in [1.165, 1.54) is 16.9 Å². The van der Waals surface area contributed by atoms with Crippen molar-refractivity contribution in [1.29, 1.82) is 0 Å². The standard InChI is InChI=1S/C24H25N3O3S/c1-17-6-3-7-18(14-17)16-26-11-5-12-27(24(26)29)20-15-19(9-10-21(20)30-2)25-23(28)22-8-4-13-31-22/h3-4,6-10,13-15H,5,11-12,16H2,1-2H3,(H,25,28). The number of nitrogens with zero attached hydrogens (tertiary/aromatic N) is 2. The van der Waals surface area contributed by atoms with Gasteiger partial charge >= 0.3 is 6.03 Å². The first-order chi connectivity index (χ1) is 15.0. The Kier molecular flexibility index (Phi) is 6.23. The van der Waals surface area contributed by atoms with Gasteiger partial charge < -0.3 is 15.0 Å². The molecule has 3 aromatic rings. The van der Waals surface area contributed by atoms with Gasteiger partial charge in [0, 0.05) is 25.3 Å². The van der Waals surface area contributed by atoms with Crippen molar-refractivity contribution in [3.8, 4) is 5.75 Å². The van der Waals surface area contributed by atoms with Gasteiger partial charge in [0.25, 0.3) is 5.91 Å². The quantitative estimate of drug-likeness (QED) is 0.582. The van der Waals surface area contributed by atoms with Crippen molar-refractivity contribution >= 4 is 34.6 Å². The third kappa shape index (κ3) is 4.72. The maximum absolute atomic E-state index is 13.3. The molecule has 2 aromatic carbocycles. The van der Waals surface area contributed by atoms with Crippen LogP contribution in [0.5, 0.6) is 5.75 Å². The topological polar surface area (TPSA) is 61.9 Å². The lowest BCUT2D eigenvalue weighted by molar-refractivity contribution is 0.103. The Morgan fingerprint density at radius 2 is 2.00 bits per heavy atom. The summed E-state index contributed by atoms with van der Waals surface area (Å²) in [6, 6.07) is 17.1. The number of aryl methyl sites for hydroxylation is 1. The van der Waals surface area contributed by atoms with E-state index in [0.717, 1.165) is 12.0 Å². The maximum atomic E-state index is 13.3. The first-order valence-corrected chi connectivity index (χ1v) is 11.1. The summed E-state index contributed by atoms with van der Waals surface area (Å²) >= 11 is 1.38. The molecule has 0 atom stereocenters. The van der Waals surface area contributed by atoms with Gasteiger partial charge in [-0.3, -0.25) is 9.69 Å². The van der Waals surface area contributed by atoms with Crippen molar-refractivity contribution in [3.63, 3.8) is 0 Å². The molecule has 0 saturated carbocycles. The molecule has 31 heavy (non-hydrogen) atoms. The third-order valence-electron chi connectivity index (χ3n) is 5.24. The fourth-order valence-corrected chi connectivity index (χ4v) is 4.38. The van der Waals surface area contributed by atoms with Crippen LogP contribution in [0.1, 0.15) is 27.2 Å². The molecule has 0 unspecified atom stereocenters. The van der Waals surface area contributed by atoms with Crippen molar-refractivity contribution in [3.05, 3.63) is 76.0 Å². The lowest BCUT2D eigenvalue weighted by Crippen LogP contribution is -2.49. The van der Waals surface area contributed by atoms with Crippen LogP contribution in [0.15, 0.2) is 60.0 Å². The van der Waals surface area contributed by atoms with Crippen LogP contribution in [0.3, 0.4) is 0 Å². The highest BCUT2D eigenvalue weighted by molar-refractivity contribution is 7.12. The van der Waals surface area contributed by atoms with Crippen LogP contribution in [-0.4, -0.2) is 37.0 Å². The Balaban J connectivity index is 1.56. The van der Waals surface area contributed by atoms with Gasteiger partial charge in [0.1, 0.15) is 5.75 Å². The summed E-state index contributed by atoms with van der Waals surface area (Å²) in [6.45, 7) is 3.92. The SMILES string of the molecule is COc1ccc(NC(=O)c2cccs2)cc1N1CCCN(Cc2cccc(C)c2)C1=O. The second kappa shape index (κ2) is 9.22. The number of anilines is 2. The first kappa shape index (κ1) is 20.9. The minimum atomic E-state index is -0.169. The molecule has 1 aliphatic rings. The summed E-state index contributed by atoms with van der Waals surface area (Å²) < 4.78 is 5.53. The van der Waals surface area contributed by atoms with E-state index in [1.807, 2.05) is 28.5 Å². The van der Waals surface area contributed by atoms with Crippen LogP contribution in [0.4, 0.5) is 16.2 Å². The second-order valence-corrected chi connectivity index (χ2v) is 8.46. The van der Waals surface area contributed by atoms with Crippen LogP contribution in [0.2, 0.25) is 0 Å². The predicted molar refractivity (Wildman–Crippen MR) is 124 cm³/mol. The first-order valence-electron chi connectivity index (χ1n) is 10.2. The summed E-state index contributed by atoms with van der Waals surface area (Å²) in [6.07, 6.45) is 0.854. The molecule has 0 spiro atoms. The number of carbonyl (C=O) groups excluding carboxylic acids is 2. The Morgan fingerprint density at radius 1 is 1.13 bits per heavy atom. The molecular weight excluding hydrogens is 410 g/mol. The number of benzene rings is 2. The van der Waals surface area contributed by atoms with Gasteiger partial charge in [-0.05, 0) is 48.6 Å². The number of rotatable bonds is 6. The predicted octanol–water partition coefficient (Wildman–Crippen LogP) is 5.15. The fourth-order valence-electron chi connectivity index (χ4n) is 3.76. The highest BCUT2D eigenvalue weighted by Gasteiger charge is 2.29. The van der Waals surface area contributed by atoms with Gasteiger partial charge in [-0.2, -0.15) is 0 Å². The van der Waals surface area contributed by atoms with E-state index in [2.05, 4.69) is 24.4 Å². The van der Waals surface area contributed by atoms with Gasteiger partial charge in [0.15, 0.2) is 0 Å². The Labute approximate surface area is 186 Å². The Bertz CT molecular complexity index is 1080. The van der Waals surface area contributed by atoms with E-state index in [4.69, 9.17) is 4.74 Å². The number of methoxy groups -OCH3 is 1. The molecule has 0 radical (unpaired) electrons. The average Bonchev–Trinajstić information content (AvgIpc) is 3.30. The molecule has 4 rings (SSSR count). The molecule has 160 valence electrons. The summed E-state index contributed by atoms with van der Waals surface area (Å²) in [5, 5.41) is 4.78. The number of carbonyl (C=O) groups is 2. The van der Waals surface area contributed by atoms with Gasteiger partial charge in [-0.25, -0.2) is 4.79 Å². The van der Waals surface area contributed by atoms with Gasteiger partial charge in [0.2, 0.25) is 0 Å². The van der Waals surface area contributed by atoms with Crippen LogP contribution >= 0.6 is 11.3 Å². The van der Waals surface area contributed by atoms with Crippen molar-refractivity contribution in [1.82, 2.24) is 4.90 Å². The minimum absolute atomic E-state index is 0.0622. The molecule has 1 aromatic heterocycles. The minimum Gasteiger partial charge on any atom is -0.495 e. The molecule has 1 fully saturated rings. The van der Waals surface area contributed by atoms with Crippen molar-refractivity contribution in [2.24, 2.45) is 0 Å². The van der Waals surface area contributed by atoms with Crippen molar-refractivity contribution in [2.75, 3.05) is 30.4 Å². The number of hydrogen-bond acceptors (Lipinski definition) is 4. The number of hydrogen-bond donors (Lipinski definition) is 1. The number of ether oxygens (including phenoxy) is 1. The highest BCUT2D eigenvalue weighted by atomic mass is 32.1. The molecule has 2 heterocycles. The number of thiophene rings is 1. The number of amides is 3. The monoisotopic (exact) mass is 435 g/mol. The van der Waals surface area contributed by atoms with Crippen LogP contribution < -0.4 is 15.0 Å². The normalized spacial score (nSPS) is 13.9. The molecular formula is C24H25N3O3S. The lowest BCUT2D eigenvalue weighted by atomic mass is 10.1. The molecule has 1 saturated heterocycles. The largest absolute Gasteiger partial charge is 0.495 e. The molecule has 6 nitrogen and oxygen atoms in total. The molecule has 1 N–H and O–H groups in total. The smallest absolute Gasteiger partial charge is 0.324 e. The van der Waals surface area contributed by atoms with E-state index in [-0.39, 0.29) is 11.9 Å². The van der Waals surface area contributed by atoms with Gasteiger partial charge in [-0.15, -0.1) is 11.3 Å².